The zero-order chi connectivity index (χ0) is 45.9. The fourth-order valence-electron chi connectivity index (χ4n) is 9.28. The number of likely N-dealkylation sites (N-methyl/N-ethyl adjacent to an activating group) is 1. The van der Waals surface area contributed by atoms with Crippen LogP contribution in [0.5, 0.6) is 0 Å². The Morgan fingerprint density at radius 3 is 2.28 bits per heavy atom. The lowest BCUT2D eigenvalue weighted by molar-refractivity contribution is -0.437. The number of allylic oxidation sites excluding steroid dienone is 7. The van der Waals surface area contributed by atoms with Gasteiger partial charge in [0.05, 0.1) is 22.5 Å². The molecule has 1 aliphatic carbocycles. The number of carbonyl (C=O) groups is 3. The van der Waals surface area contributed by atoms with Crippen molar-refractivity contribution in [2.45, 2.75) is 96.8 Å². The second kappa shape index (κ2) is 21.5. The topological polar surface area (TPSA) is 141 Å². The summed E-state index contributed by atoms with van der Waals surface area (Å²) in [5.74, 6) is 6.60. The largest absolute Gasteiger partial charge is 0.396 e. The van der Waals surface area contributed by atoms with E-state index >= 15 is 0 Å². The molecule has 1 aromatic heterocycles. The highest BCUT2D eigenvalue weighted by atomic mass is 16.2. The van der Waals surface area contributed by atoms with Crippen LogP contribution in [0, 0.1) is 0 Å². The standard InChI is InChI=1S/C46H57N6O.C7H10N2O2/c1-6-30-50-40-23-11-9-20-36(40)45(2,3)42(50)27-25-34-18-17-19-35(44(34)52(48)33-38(47)39-22-13-14-29-49-39)26-28-43-46(4,5)37-21-10-12-24-41(37)51(43)31-15-7-8-16-32-53;1-8-4-5-9-6(10)2-3-7(9)11/h9-14,20-29,32-33H,6-8,15-19,30-31,47-48H2,1-5H3;2-3,8H,4-5H2,1H3/q+1;/b38-33-;. The van der Waals surface area contributed by atoms with E-state index in [4.69, 9.17) is 11.6 Å². The lowest BCUT2D eigenvalue weighted by Gasteiger charge is -2.29. The van der Waals surface area contributed by atoms with Gasteiger partial charge in [-0.25, -0.2) is 5.84 Å². The van der Waals surface area contributed by atoms with Crippen LogP contribution in [-0.2, 0) is 25.2 Å². The quantitative estimate of drug-likeness (QED) is 0.0304. The highest BCUT2D eigenvalue weighted by molar-refractivity contribution is 6.12. The number of rotatable bonds is 17. The van der Waals surface area contributed by atoms with Gasteiger partial charge in [0.15, 0.2) is 5.71 Å². The van der Waals surface area contributed by atoms with Gasteiger partial charge in [-0.15, -0.1) is 0 Å². The van der Waals surface area contributed by atoms with Crippen molar-refractivity contribution in [2.24, 2.45) is 11.6 Å². The number of unbranched alkanes of at least 4 members (excludes halogenated alkanes) is 3. The summed E-state index contributed by atoms with van der Waals surface area (Å²) in [4.78, 5) is 40.9. The minimum Gasteiger partial charge on any atom is -0.396 e. The van der Waals surface area contributed by atoms with Gasteiger partial charge in [-0.1, -0.05) is 81.8 Å². The van der Waals surface area contributed by atoms with Crippen LogP contribution >= 0.6 is 0 Å². The summed E-state index contributed by atoms with van der Waals surface area (Å²) in [5, 5.41) is 4.58. The number of pyridine rings is 1. The normalized spacial score (nSPS) is 19.0. The summed E-state index contributed by atoms with van der Waals surface area (Å²) in [6.45, 7) is 14.5. The van der Waals surface area contributed by atoms with Gasteiger partial charge in [-0.3, -0.25) is 24.5 Å². The van der Waals surface area contributed by atoms with Crippen molar-refractivity contribution in [1.29, 1.82) is 0 Å². The average Bonchev–Trinajstić information content (AvgIpc) is 3.82. The SMILES string of the molecule is CCC[N+]1=C(/C=C/C2=C(N(N)/C=C(\N)c3ccccn3)C(=C/C=C3/N(CCCCCC=O)c4ccccc4C3(C)C)/CCC2)C(C)(C)c2ccccc21.CNCCN1C(=O)C=CC1=O. The summed E-state index contributed by atoms with van der Waals surface area (Å²) in [6.07, 6.45) is 23.9. The van der Waals surface area contributed by atoms with Gasteiger partial charge in [0.25, 0.3) is 11.8 Å². The Labute approximate surface area is 380 Å². The van der Waals surface area contributed by atoms with Gasteiger partial charge in [-0.2, -0.15) is 4.58 Å². The second-order valence-corrected chi connectivity index (χ2v) is 17.8. The van der Waals surface area contributed by atoms with Crippen molar-refractivity contribution >= 4 is 40.9 Å². The van der Waals surface area contributed by atoms with E-state index in [0.717, 1.165) is 70.0 Å². The van der Waals surface area contributed by atoms with E-state index in [1.807, 2.05) is 24.4 Å². The molecule has 3 aliphatic heterocycles. The lowest BCUT2D eigenvalue weighted by Crippen LogP contribution is -2.35. The molecule has 0 bridgehead atoms. The van der Waals surface area contributed by atoms with Crippen LogP contribution in [0.2, 0.25) is 0 Å². The molecule has 336 valence electrons. The maximum Gasteiger partial charge on any atom is 0.253 e. The summed E-state index contributed by atoms with van der Waals surface area (Å²) in [5.41, 5.74) is 18.7. The molecular weight excluding hydrogens is 797 g/mol. The smallest absolute Gasteiger partial charge is 0.253 e. The monoisotopic (exact) mass is 864 g/mol. The molecule has 0 radical (unpaired) electrons. The number of hydrogen-bond acceptors (Lipinski definition) is 9. The van der Waals surface area contributed by atoms with Gasteiger partial charge in [0.1, 0.15) is 12.8 Å². The zero-order valence-corrected chi connectivity index (χ0v) is 38.6. The van der Waals surface area contributed by atoms with Gasteiger partial charge < -0.3 is 20.7 Å². The molecule has 4 aliphatic rings. The Balaban J connectivity index is 0.000000540. The van der Waals surface area contributed by atoms with Crippen LogP contribution in [0.15, 0.2) is 138 Å². The predicted octanol–water partition coefficient (Wildman–Crippen LogP) is 8.49. The molecule has 0 spiro atoms. The molecule has 3 aromatic rings. The molecule has 11 heteroatoms. The van der Waals surface area contributed by atoms with Crippen LogP contribution < -0.4 is 21.8 Å². The van der Waals surface area contributed by atoms with Crippen LogP contribution in [0.4, 0.5) is 11.4 Å². The molecule has 0 atom stereocenters. The molecular formula is C53H67N8O3+. The Morgan fingerprint density at radius 2 is 1.58 bits per heavy atom. The molecule has 64 heavy (non-hydrogen) atoms. The number of hydrazine groups is 1. The fourth-order valence-corrected chi connectivity index (χ4v) is 9.28. The maximum atomic E-state index is 11.0. The summed E-state index contributed by atoms with van der Waals surface area (Å²) in [7, 11) is 1.78. The van der Waals surface area contributed by atoms with Crippen LogP contribution in [0.1, 0.15) is 103 Å². The van der Waals surface area contributed by atoms with E-state index < -0.39 is 0 Å². The molecule has 7 rings (SSSR count). The van der Waals surface area contributed by atoms with Gasteiger partial charge >= 0.3 is 0 Å². The van der Waals surface area contributed by atoms with E-state index in [1.165, 1.54) is 62.1 Å². The maximum absolute atomic E-state index is 11.0. The third kappa shape index (κ3) is 10.4. The number of aromatic nitrogens is 1. The lowest BCUT2D eigenvalue weighted by atomic mass is 9.81. The molecule has 2 aromatic carbocycles. The molecule has 0 saturated carbocycles. The van der Waals surface area contributed by atoms with Crippen molar-refractivity contribution in [3.63, 3.8) is 0 Å². The van der Waals surface area contributed by atoms with Crippen molar-refractivity contribution in [1.82, 2.24) is 20.2 Å². The molecule has 5 N–H and O–H groups in total. The van der Waals surface area contributed by atoms with E-state index in [-0.39, 0.29) is 22.6 Å². The highest BCUT2D eigenvalue weighted by Gasteiger charge is 2.44. The molecule has 0 unspecified atom stereocenters. The van der Waals surface area contributed by atoms with Gasteiger partial charge in [0.2, 0.25) is 5.69 Å². The third-order valence-corrected chi connectivity index (χ3v) is 12.6. The number of imide groups is 1. The highest BCUT2D eigenvalue weighted by Crippen LogP contribution is 2.48. The van der Waals surface area contributed by atoms with Crippen molar-refractivity contribution in [3.8, 4) is 0 Å². The third-order valence-electron chi connectivity index (χ3n) is 12.6. The van der Waals surface area contributed by atoms with Crippen molar-refractivity contribution in [3.05, 3.63) is 155 Å². The minimum atomic E-state index is -0.217. The number of nitrogens with one attached hydrogen (secondary N) is 1. The Morgan fingerprint density at radius 1 is 0.859 bits per heavy atom. The predicted molar refractivity (Wildman–Crippen MR) is 259 cm³/mol. The van der Waals surface area contributed by atoms with Gasteiger partial charge in [-0.05, 0) is 94.0 Å². The number of nitrogens with zero attached hydrogens (tertiary/aromatic N) is 5. The molecule has 0 saturated heterocycles. The van der Waals surface area contributed by atoms with Crippen LogP contribution in [0.3, 0.4) is 0 Å². The molecule has 2 amide bonds. The second-order valence-electron chi connectivity index (χ2n) is 17.8. The Kier molecular flexibility index (Phi) is 15.9. The first-order valence-corrected chi connectivity index (χ1v) is 22.8. The first-order valence-electron chi connectivity index (χ1n) is 22.8. The number of hydrogen-bond donors (Lipinski definition) is 3. The number of amides is 2. The molecule has 11 nitrogen and oxygen atoms in total. The molecule has 4 heterocycles. The number of benzene rings is 2. The first-order chi connectivity index (χ1) is 30.8. The number of nitrogens with two attached hydrogens (primary N) is 2. The summed E-state index contributed by atoms with van der Waals surface area (Å²) < 4.78 is 2.49. The summed E-state index contributed by atoms with van der Waals surface area (Å²) in [6, 6.07) is 23.3. The Bertz CT molecular complexity index is 2380. The first kappa shape index (κ1) is 47.3. The molecule has 0 fully saturated rings. The van der Waals surface area contributed by atoms with E-state index in [2.05, 4.69) is 127 Å². The van der Waals surface area contributed by atoms with E-state index in [1.54, 1.807) is 18.3 Å². The number of aldehydes is 1. The van der Waals surface area contributed by atoms with Crippen molar-refractivity contribution < 1.29 is 19.0 Å². The average molecular weight is 864 g/mol. The van der Waals surface area contributed by atoms with Crippen LogP contribution in [-0.4, -0.2) is 76.5 Å². The van der Waals surface area contributed by atoms with Crippen molar-refractivity contribution in [2.75, 3.05) is 38.1 Å². The summed E-state index contributed by atoms with van der Waals surface area (Å²) >= 11 is 0. The number of fused-ring (bicyclic) bond motifs is 2. The number of carbonyl (C=O) groups excluding carboxylic acids is 3. The van der Waals surface area contributed by atoms with E-state index in [0.29, 0.717) is 30.9 Å². The minimum absolute atomic E-state index is 0.133. The van der Waals surface area contributed by atoms with E-state index in [9.17, 15) is 14.4 Å². The number of para-hydroxylation sites is 2. The van der Waals surface area contributed by atoms with Crippen LogP contribution in [0.25, 0.3) is 5.70 Å². The fraction of sp³-hybridized carbons (Fsp3) is 0.377. The Hall–Kier alpha value is -6.17. The van der Waals surface area contributed by atoms with Gasteiger partial charge in [0, 0.05) is 91.5 Å². The zero-order valence-electron chi connectivity index (χ0n) is 38.6. The number of anilines is 1.